The van der Waals surface area contributed by atoms with Crippen molar-refractivity contribution in [3.8, 4) is 0 Å². The lowest BCUT2D eigenvalue weighted by Crippen LogP contribution is -2.36. The van der Waals surface area contributed by atoms with E-state index in [0.717, 1.165) is 4.90 Å². The van der Waals surface area contributed by atoms with Gasteiger partial charge in [0.2, 0.25) is 0 Å². The van der Waals surface area contributed by atoms with Crippen molar-refractivity contribution in [2.45, 2.75) is 0 Å². The number of hydrogen-bond acceptors (Lipinski definition) is 5. The molecule has 0 spiro atoms. The second-order valence-electron chi connectivity index (χ2n) is 6.30. The molecule has 148 valence electrons. The van der Waals surface area contributed by atoms with Crippen molar-refractivity contribution in [2.75, 3.05) is 4.90 Å². The average Bonchev–Trinajstić information content (AvgIpc) is 3.03. The van der Waals surface area contributed by atoms with Crippen molar-refractivity contribution >= 4 is 52.4 Å². The van der Waals surface area contributed by atoms with Gasteiger partial charge in [-0.15, -0.1) is 0 Å². The smallest absolute Gasteiger partial charge is 0.312 e. The number of para-hydroxylation sites is 1. The zero-order valence-corrected chi connectivity index (χ0v) is 16.7. The van der Waals surface area contributed by atoms with Crippen LogP contribution in [-0.4, -0.2) is 23.5 Å². The number of fused-ring (bicyclic) bond motifs is 1. The summed E-state index contributed by atoms with van der Waals surface area (Å²) in [6, 6.07) is 18.8. The lowest BCUT2D eigenvalue weighted by Gasteiger charge is -2.14. The van der Waals surface area contributed by atoms with Gasteiger partial charge in [0.05, 0.1) is 11.3 Å². The summed E-state index contributed by atoms with van der Waals surface area (Å²) in [7, 11) is 0. The highest BCUT2D eigenvalue weighted by atomic mass is 35.5. The van der Waals surface area contributed by atoms with E-state index in [1.165, 1.54) is 36.4 Å². The van der Waals surface area contributed by atoms with Gasteiger partial charge in [0.25, 0.3) is 11.8 Å². The SMILES string of the molecule is O=C(O/N=C1\C(=O)N(C(=O)c2ccc(Cl)cc2)c2ccccc21)c1ccc(Cl)cc1. The number of carbonyl (C=O) groups excluding carboxylic acids is 3. The first-order valence-corrected chi connectivity index (χ1v) is 9.50. The number of rotatable bonds is 3. The summed E-state index contributed by atoms with van der Waals surface area (Å²) < 4.78 is 0. The summed E-state index contributed by atoms with van der Waals surface area (Å²) in [5.41, 5.74) is 1.09. The fourth-order valence-electron chi connectivity index (χ4n) is 2.94. The molecule has 0 N–H and O–H groups in total. The Morgan fingerprint density at radius 2 is 1.37 bits per heavy atom. The minimum absolute atomic E-state index is 0.143. The molecule has 0 atom stereocenters. The average molecular weight is 439 g/mol. The first-order chi connectivity index (χ1) is 14.5. The number of nitrogens with zero attached hydrogens (tertiary/aromatic N) is 2. The van der Waals surface area contributed by atoms with E-state index in [2.05, 4.69) is 5.16 Å². The van der Waals surface area contributed by atoms with E-state index in [-0.39, 0.29) is 16.8 Å². The number of halogens is 2. The fourth-order valence-corrected chi connectivity index (χ4v) is 3.19. The van der Waals surface area contributed by atoms with Crippen LogP contribution >= 0.6 is 23.2 Å². The molecule has 2 amide bonds. The van der Waals surface area contributed by atoms with Crippen LogP contribution in [0.5, 0.6) is 0 Å². The predicted molar refractivity (Wildman–Crippen MR) is 113 cm³/mol. The maximum Gasteiger partial charge on any atom is 0.365 e. The summed E-state index contributed by atoms with van der Waals surface area (Å²) >= 11 is 11.7. The highest BCUT2D eigenvalue weighted by Crippen LogP contribution is 2.31. The normalized spacial score (nSPS) is 14.0. The van der Waals surface area contributed by atoms with Gasteiger partial charge in [0.1, 0.15) is 0 Å². The van der Waals surface area contributed by atoms with Crippen molar-refractivity contribution in [3.05, 3.63) is 99.5 Å². The van der Waals surface area contributed by atoms with Crippen LogP contribution in [0.1, 0.15) is 26.3 Å². The topological polar surface area (TPSA) is 76.0 Å². The number of benzene rings is 3. The molecule has 0 bridgehead atoms. The zero-order valence-electron chi connectivity index (χ0n) is 15.2. The quantitative estimate of drug-likeness (QED) is 0.336. The van der Waals surface area contributed by atoms with Gasteiger partial charge in [0.15, 0.2) is 5.71 Å². The second kappa shape index (κ2) is 8.10. The third-order valence-electron chi connectivity index (χ3n) is 4.40. The lowest BCUT2D eigenvalue weighted by atomic mass is 10.1. The van der Waals surface area contributed by atoms with E-state index in [0.29, 0.717) is 21.3 Å². The lowest BCUT2D eigenvalue weighted by molar-refractivity contribution is -0.111. The Morgan fingerprint density at radius 3 is 2.00 bits per heavy atom. The third-order valence-corrected chi connectivity index (χ3v) is 4.90. The van der Waals surface area contributed by atoms with E-state index in [1.807, 2.05) is 0 Å². The van der Waals surface area contributed by atoms with Crippen molar-refractivity contribution in [1.29, 1.82) is 0 Å². The summed E-state index contributed by atoms with van der Waals surface area (Å²) in [4.78, 5) is 44.1. The number of carbonyl (C=O) groups is 3. The van der Waals surface area contributed by atoms with Crippen LogP contribution in [0.3, 0.4) is 0 Å². The van der Waals surface area contributed by atoms with Gasteiger partial charge in [-0.3, -0.25) is 9.59 Å². The van der Waals surface area contributed by atoms with Gasteiger partial charge < -0.3 is 4.84 Å². The molecule has 3 aromatic carbocycles. The summed E-state index contributed by atoms with van der Waals surface area (Å²) in [6.07, 6.45) is 0. The number of hydrogen-bond donors (Lipinski definition) is 0. The summed E-state index contributed by atoms with van der Waals surface area (Å²) in [5, 5.41) is 4.69. The van der Waals surface area contributed by atoms with E-state index in [4.69, 9.17) is 28.0 Å². The van der Waals surface area contributed by atoms with E-state index >= 15 is 0 Å². The van der Waals surface area contributed by atoms with E-state index < -0.39 is 17.8 Å². The molecule has 1 heterocycles. The maximum atomic E-state index is 13.0. The van der Waals surface area contributed by atoms with Crippen LogP contribution in [0.15, 0.2) is 78.0 Å². The molecule has 0 saturated heterocycles. The second-order valence-corrected chi connectivity index (χ2v) is 7.17. The van der Waals surface area contributed by atoms with Crippen LogP contribution in [0.25, 0.3) is 0 Å². The number of oxime groups is 1. The van der Waals surface area contributed by atoms with Crippen molar-refractivity contribution < 1.29 is 19.2 Å². The molecular weight excluding hydrogens is 427 g/mol. The first kappa shape index (κ1) is 19.8. The van der Waals surface area contributed by atoms with Crippen LogP contribution in [-0.2, 0) is 9.63 Å². The van der Waals surface area contributed by atoms with Gasteiger partial charge in [0, 0.05) is 21.2 Å². The molecule has 8 heteroatoms. The molecule has 0 fully saturated rings. The Hall–Kier alpha value is -3.48. The van der Waals surface area contributed by atoms with E-state index in [9.17, 15) is 14.4 Å². The maximum absolute atomic E-state index is 13.0. The van der Waals surface area contributed by atoms with Crippen LogP contribution < -0.4 is 4.90 Å². The van der Waals surface area contributed by atoms with Gasteiger partial charge >= 0.3 is 5.97 Å². The monoisotopic (exact) mass is 438 g/mol. The molecule has 1 aliphatic heterocycles. The molecule has 3 aromatic rings. The molecule has 0 unspecified atom stereocenters. The highest BCUT2D eigenvalue weighted by molar-refractivity contribution is 6.58. The van der Waals surface area contributed by atoms with Crippen LogP contribution in [0.4, 0.5) is 5.69 Å². The van der Waals surface area contributed by atoms with Crippen molar-refractivity contribution in [1.82, 2.24) is 0 Å². The van der Waals surface area contributed by atoms with Crippen molar-refractivity contribution in [3.63, 3.8) is 0 Å². The van der Waals surface area contributed by atoms with Gasteiger partial charge in [-0.25, -0.2) is 9.69 Å². The van der Waals surface area contributed by atoms with E-state index in [1.54, 1.807) is 36.4 Å². The van der Waals surface area contributed by atoms with Gasteiger partial charge in [-0.05, 0) is 54.6 Å². The fraction of sp³-hybridized carbons (Fsp3) is 0. The molecule has 6 nitrogen and oxygen atoms in total. The molecular formula is C22H12Cl2N2O4. The van der Waals surface area contributed by atoms with Crippen LogP contribution in [0.2, 0.25) is 10.0 Å². The van der Waals surface area contributed by atoms with Gasteiger partial charge in [-0.1, -0.05) is 46.6 Å². The Kier molecular flexibility index (Phi) is 5.35. The van der Waals surface area contributed by atoms with Crippen LogP contribution in [0, 0.1) is 0 Å². The number of amides is 2. The standard InChI is InChI=1S/C22H12Cl2N2O4/c23-15-9-5-13(6-10-15)20(27)26-18-4-2-1-3-17(18)19(21(26)28)25-30-22(29)14-7-11-16(24)12-8-14/h1-12H/b25-19-. The van der Waals surface area contributed by atoms with Crippen molar-refractivity contribution in [2.24, 2.45) is 5.16 Å². The molecule has 30 heavy (non-hydrogen) atoms. The predicted octanol–water partition coefficient (Wildman–Crippen LogP) is 4.74. The molecule has 0 aliphatic carbocycles. The third kappa shape index (κ3) is 3.70. The largest absolute Gasteiger partial charge is 0.365 e. The molecule has 0 aromatic heterocycles. The molecule has 4 rings (SSSR count). The summed E-state index contributed by atoms with van der Waals surface area (Å²) in [6.45, 7) is 0. The van der Waals surface area contributed by atoms with Gasteiger partial charge in [-0.2, -0.15) is 0 Å². The molecule has 1 aliphatic rings. The summed E-state index contributed by atoms with van der Waals surface area (Å²) in [5.74, 6) is -2.00. The molecule has 0 saturated carbocycles. The minimum Gasteiger partial charge on any atom is -0.312 e. The highest BCUT2D eigenvalue weighted by Gasteiger charge is 2.39. The number of imide groups is 1. The first-order valence-electron chi connectivity index (χ1n) is 8.74. The Morgan fingerprint density at radius 1 is 0.800 bits per heavy atom. The number of anilines is 1. The Balaban J connectivity index is 1.65. The Labute approximate surface area is 181 Å². The molecule has 0 radical (unpaired) electrons. The Bertz CT molecular complexity index is 1190. The zero-order chi connectivity index (χ0) is 21.3. The minimum atomic E-state index is -0.757.